The molecule has 0 spiro atoms. The predicted octanol–water partition coefficient (Wildman–Crippen LogP) is 2.54. The molecule has 1 amide bonds. The van der Waals surface area contributed by atoms with E-state index in [1.54, 1.807) is 11.3 Å². The van der Waals surface area contributed by atoms with Crippen LogP contribution in [0.3, 0.4) is 0 Å². The number of amides is 1. The normalized spacial score (nSPS) is 20.1. The van der Waals surface area contributed by atoms with Crippen LogP contribution in [0, 0.1) is 0 Å². The Labute approximate surface area is 117 Å². The van der Waals surface area contributed by atoms with Gasteiger partial charge in [0.1, 0.15) is 0 Å². The minimum absolute atomic E-state index is 0.263. The smallest absolute Gasteiger partial charge is 0.222 e. The molecule has 0 radical (unpaired) electrons. The molecule has 18 heavy (non-hydrogen) atoms. The maximum Gasteiger partial charge on any atom is 0.222 e. The van der Waals surface area contributed by atoms with Crippen molar-refractivity contribution >= 4 is 28.8 Å². The lowest BCUT2D eigenvalue weighted by atomic mass is 10.1. The summed E-state index contributed by atoms with van der Waals surface area (Å²) in [7, 11) is 1.96. The number of carbonyl (C=O) groups excluding carboxylic acids is 1. The molecule has 2 rings (SSSR count). The van der Waals surface area contributed by atoms with Crippen LogP contribution in [0.15, 0.2) is 11.4 Å². The summed E-state index contributed by atoms with van der Waals surface area (Å²) in [6, 6.07) is 2.41. The van der Waals surface area contributed by atoms with Gasteiger partial charge in [-0.15, -0.1) is 11.3 Å². The van der Waals surface area contributed by atoms with E-state index in [0.29, 0.717) is 12.5 Å². The van der Waals surface area contributed by atoms with E-state index in [-0.39, 0.29) is 5.91 Å². The van der Waals surface area contributed by atoms with Crippen LogP contribution in [0.1, 0.15) is 24.1 Å². The standard InChI is InChI=1S/C13H19ClN2OS/c1-15-11-3-2-6-16(8-11)13(17)5-4-12-7-10(14)9-18-12/h7,9,11,15H,2-6,8H2,1H3. The van der Waals surface area contributed by atoms with Crippen molar-refractivity contribution < 1.29 is 4.79 Å². The van der Waals surface area contributed by atoms with E-state index < -0.39 is 0 Å². The van der Waals surface area contributed by atoms with Gasteiger partial charge < -0.3 is 10.2 Å². The fourth-order valence-corrected chi connectivity index (χ4v) is 3.39. The molecule has 1 saturated heterocycles. The summed E-state index contributed by atoms with van der Waals surface area (Å²) in [6.07, 6.45) is 3.66. The highest BCUT2D eigenvalue weighted by atomic mass is 35.5. The fourth-order valence-electron chi connectivity index (χ4n) is 2.31. The van der Waals surface area contributed by atoms with Gasteiger partial charge in [0.15, 0.2) is 0 Å². The lowest BCUT2D eigenvalue weighted by molar-refractivity contribution is -0.132. The van der Waals surface area contributed by atoms with Crippen molar-refractivity contribution in [2.45, 2.75) is 31.7 Å². The summed E-state index contributed by atoms with van der Waals surface area (Å²) >= 11 is 7.50. The average molecular weight is 287 g/mol. The highest BCUT2D eigenvalue weighted by molar-refractivity contribution is 7.10. The van der Waals surface area contributed by atoms with Crippen LogP contribution in [-0.4, -0.2) is 37.0 Å². The molecule has 1 atom stereocenters. The SMILES string of the molecule is CNC1CCCN(C(=O)CCc2cc(Cl)cs2)C1. The number of likely N-dealkylation sites (tertiary alicyclic amines) is 1. The first-order valence-electron chi connectivity index (χ1n) is 6.37. The highest BCUT2D eigenvalue weighted by Crippen LogP contribution is 2.21. The zero-order valence-electron chi connectivity index (χ0n) is 10.6. The molecule has 5 heteroatoms. The summed E-state index contributed by atoms with van der Waals surface area (Å²) in [6.45, 7) is 1.75. The predicted molar refractivity (Wildman–Crippen MR) is 76.3 cm³/mol. The molecule has 2 heterocycles. The lowest BCUT2D eigenvalue weighted by Gasteiger charge is -2.32. The van der Waals surface area contributed by atoms with Crippen LogP contribution in [0.4, 0.5) is 0 Å². The average Bonchev–Trinajstić information content (AvgIpc) is 2.82. The van der Waals surface area contributed by atoms with Crippen molar-refractivity contribution in [2.75, 3.05) is 20.1 Å². The van der Waals surface area contributed by atoms with Crippen LogP contribution in [0.25, 0.3) is 0 Å². The Bertz CT molecular complexity index is 407. The van der Waals surface area contributed by atoms with E-state index in [9.17, 15) is 4.79 Å². The number of thiophene rings is 1. The van der Waals surface area contributed by atoms with Gasteiger partial charge in [-0.2, -0.15) is 0 Å². The number of likely N-dealkylation sites (N-methyl/N-ethyl adjacent to an activating group) is 1. The Morgan fingerprint density at radius 1 is 1.67 bits per heavy atom. The van der Waals surface area contributed by atoms with Crippen LogP contribution in [0.5, 0.6) is 0 Å². The molecule has 0 bridgehead atoms. The molecule has 1 N–H and O–H groups in total. The Hall–Kier alpha value is -0.580. The minimum atomic E-state index is 0.263. The van der Waals surface area contributed by atoms with E-state index in [1.165, 1.54) is 11.3 Å². The molecule has 1 aromatic rings. The highest BCUT2D eigenvalue weighted by Gasteiger charge is 2.22. The maximum atomic E-state index is 12.1. The van der Waals surface area contributed by atoms with E-state index in [0.717, 1.165) is 31.0 Å². The molecule has 1 aromatic heterocycles. The molecular weight excluding hydrogens is 268 g/mol. The number of nitrogens with one attached hydrogen (secondary N) is 1. The molecule has 100 valence electrons. The van der Waals surface area contributed by atoms with Crippen LogP contribution in [0.2, 0.25) is 5.02 Å². The summed E-state index contributed by atoms with van der Waals surface area (Å²) in [5.74, 6) is 0.263. The molecule has 1 aliphatic rings. The molecule has 1 fully saturated rings. The zero-order valence-corrected chi connectivity index (χ0v) is 12.2. The van der Waals surface area contributed by atoms with E-state index in [1.807, 2.05) is 23.4 Å². The van der Waals surface area contributed by atoms with Gasteiger partial charge in [0.05, 0.1) is 5.02 Å². The number of rotatable bonds is 4. The first-order valence-corrected chi connectivity index (χ1v) is 7.62. The number of hydrogen-bond donors (Lipinski definition) is 1. The first kappa shape index (κ1) is 13.8. The Balaban J connectivity index is 1.80. The number of aryl methyl sites for hydroxylation is 1. The first-order chi connectivity index (χ1) is 8.69. The Morgan fingerprint density at radius 2 is 2.50 bits per heavy atom. The van der Waals surface area contributed by atoms with Crippen molar-refractivity contribution in [3.8, 4) is 0 Å². The van der Waals surface area contributed by atoms with Crippen LogP contribution < -0.4 is 5.32 Å². The molecule has 0 saturated carbocycles. The van der Waals surface area contributed by atoms with Gasteiger partial charge >= 0.3 is 0 Å². The van der Waals surface area contributed by atoms with Gasteiger partial charge in [0, 0.05) is 35.8 Å². The number of halogens is 1. The number of nitrogens with zero attached hydrogens (tertiary/aromatic N) is 1. The minimum Gasteiger partial charge on any atom is -0.341 e. The monoisotopic (exact) mass is 286 g/mol. The van der Waals surface area contributed by atoms with Gasteiger partial charge in [-0.05, 0) is 32.4 Å². The van der Waals surface area contributed by atoms with Gasteiger partial charge in [-0.3, -0.25) is 4.79 Å². The second-order valence-electron chi connectivity index (χ2n) is 4.70. The molecule has 0 aromatic carbocycles. The number of hydrogen-bond acceptors (Lipinski definition) is 3. The zero-order chi connectivity index (χ0) is 13.0. The van der Waals surface area contributed by atoms with Gasteiger partial charge in [-0.25, -0.2) is 0 Å². The Kier molecular flexibility index (Phi) is 5.03. The summed E-state index contributed by atoms with van der Waals surface area (Å²) in [5.41, 5.74) is 0. The van der Waals surface area contributed by atoms with E-state index in [2.05, 4.69) is 5.32 Å². The quantitative estimate of drug-likeness (QED) is 0.923. The van der Waals surface area contributed by atoms with Gasteiger partial charge in [-0.1, -0.05) is 11.6 Å². The Morgan fingerprint density at radius 3 is 3.17 bits per heavy atom. The summed E-state index contributed by atoms with van der Waals surface area (Å²) in [5, 5.41) is 5.95. The second kappa shape index (κ2) is 6.55. The maximum absolute atomic E-state index is 12.1. The fraction of sp³-hybridized carbons (Fsp3) is 0.615. The molecular formula is C13H19ClN2OS. The van der Waals surface area contributed by atoms with Crippen LogP contribution >= 0.6 is 22.9 Å². The van der Waals surface area contributed by atoms with E-state index in [4.69, 9.17) is 11.6 Å². The third-order valence-electron chi connectivity index (χ3n) is 3.39. The van der Waals surface area contributed by atoms with Gasteiger partial charge in [0.2, 0.25) is 5.91 Å². The van der Waals surface area contributed by atoms with Crippen molar-refractivity contribution in [3.63, 3.8) is 0 Å². The number of piperidine rings is 1. The molecule has 1 aliphatic heterocycles. The second-order valence-corrected chi connectivity index (χ2v) is 6.13. The lowest BCUT2D eigenvalue weighted by Crippen LogP contribution is -2.47. The molecule has 0 aliphatic carbocycles. The number of carbonyl (C=O) groups is 1. The van der Waals surface area contributed by atoms with Crippen molar-refractivity contribution in [3.05, 3.63) is 21.3 Å². The van der Waals surface area contributed by atoms with Crippen molar-refractivity contribution in [1.82, 2.24) is 10.2 Å². The van der Waals surface area contributed by atoms with Crippen molar-refractivity contribution in [2.24, 2.45) is 0 Å². The third-order valence-corrected chi connectivity index (χ3v) is 4.73. The summed E-state index contributed by atoms with van der Waals surface area (Å²) in [4.78, 5) is 15.3. The van der Waals surface area contributed by atoms with Gasteiger partial charge in [0.25, 0.3) is 0 Å². The molecule has 3 nitrogen and oxygen atoms in total. The third kappa shape index (κ3) is 3.70. The van der Waals surface area contributed by atoms with Crippen molar-refractivity contribution in [1.29, 1.82) is 0 Å². The van der Waals surface area contributed by atoms with E-state index >= 15 is 0 Å². The largest absolute Gasteiger partial charge is 0.341 e. The summed E-state index contributed by atoms with van der Waals surface area (Å²) < 4.78 is 0. The van der Waals surface area contributed by atoms with Crippen LogP contribution in [-0.2, 0) is 11.2 Å². The topological polar surface area (TPSA) is 32.3 Å². The molecule has 1 unspecified atom stereocenters.